The lowest BCUT2D eigenvalue weighted by Crippen LogP contribution is -1.95. The maximum Gasteiger partial charge on any atom is 0.187 e. The van der Waals surface area contributed by atoms with E-state index < -0.39 is 0 Å². The third-order valence-electron chi connectivity index (χ3n) is 2.58. The first-order valence-electron chi connectivity index (χ1n) is 5.67. The van der Waals surface area contributed by atoms with Crippen molar-refractivity contribution in [3.8, 4) is 5.75 Å². The van der Waals surface area contributed by atoms with Crippen LogP contribution in [0.5, 0.6) is 5.75 Å². The number of allylic oxidation sites excluding steroid dienone is 1. The summed E-state index contributed by atoms with van der Waals surface area (Å²) in [6.45, 7) is 5.20. The average molecular weight is 274 g/mol. The molecule has 98 valence electrons. The molecule has 0 atom stereocenters. The summed E-state index contributed by atoms with van der Waals surface area (Å²) in [6.07, 6.45) is 0. The number of benzene rings is 1. The van der Waals surface area contributed by atoms with Crippen LogP contribution < -0.4 is 10.1 Å². The van der Waals surface area contributed by atoms with E-state index >= 15 is 0 Å². The largest absolute Gasteiger partial charge is 0.497 e. The Kier molecular flexibility index (Phi) is 3.97. The summed E-state index contributed by atoms with van der Waals surface area (Å²) in [5, 5.41) is 5.71. The number of ether oxygens (including phenoxy) is 1. The van der Waals surface area contributed by atoms with Gasteiger partial charge in [-0.05, 0) is 31.2 Å². The minimum Gasteiger partial charge on any atom is -0.497 e. The zero-order valence-corrected chi connectivity index (χ0v) is 11.6. The first-order valence-corrected chi connectivity index (χ1v) is 6.55. The molecule has 0 radical (unpaired) electrons. The Morgan fingerprint density at radius 1 is 1.37 bits per heavy atom. The highest BCUT2D eigenvalue weighted by atomic mass is 32.1. The van der Waals surface area contributed by atoms with Crippen molar-refractivity contribution in [2.24, 2.45) is 0 Å². The highest BCUT2D eigenvalue weighted by Crippen LogP contribution is 2.25. The molecule has 4 nitrogen and oxygen atoms in total. The molecule has 0 aliphatic rings. The maximum atomic E-state index is 11.2. The molecule has 1 aromatic heterocycles. The van der Waals surface area contributed by atoms with Crippen molar-refractivity contribution in [2.75, 3.05) is 12.4 Å². The Labute approximate surface area is 115 Å². The second kappa shape index (κ2) is 5.67. The SMILES string of the molecule is C=C(C(C)=O)c1csc(Nc2ccc(OC)cc2)n1. The monoisotopic (exact) mass is 274 g/mol. The van der Waals surface area contributed by atoms with Gasteiger partial charge >= 0.3 is 0 Å². The molecule has 1 N–H and O–H groups in total. The van der Waals surface area contributed by atoms with Crippen molar-refractivity contribution in [3.05, 3.63) is 41.9 Å². The molecule has 0 fully saturated rings. The molecule has 0 saturated heterocycles. The van der Waals surface area contributed by atoms with Crippen LogP contribution in [0.1, 0.15) is 12.6 Å². The van der Waals surface area contributed by atoms with Gasteiger partial charge in [-0.3, -0.25) is 4.79 Å². The molecule has 0 spiro atoms. The Morgan fingerprint density at radius 3 is 2.63 bits per heavy atom. The van der Waals surface area contributed by atoms with Gasteiger partial charge in [-0.15, -0.1) is 11.3 Å². The number of aromatic nitrogens is 1. The van der Waals surface area contributed by atoms with E-state index in [0.29, 0.717) is 11.3 Å². The lowest BCUT2D eigenvalue weighted by molar-refractivity contribution is -0.111. The van der Waals surface area contributed by atoms with Crippen LogP contribution in [-0.2, 0) is 4.79 Å². The third kappa shape index (κ3) is 3.20. The van der Waals surface area contributed by atoms with Gasteiger partial charge < -0.3 is 10.1 Å². The number of thiazole rings is 1. The highest BCUT2D eigenvalue weighted by Gasteiger charge is 2.09. The number of rotatable bonds is 5. The Morgan fingerprint density at radius 2 is 2.05 bits per heavy atom. The van der Waals surface area contributed by atoms with Crippen molar-refractivity contribution in [1.29, 1.82) is 0 Å². The molecular formula is C14H14N2O2S. The second-order valence-electron chi connectivity index (χ2n) is 3.93. The molecule has 1 heterocycles. The predicted molar refractivity (Wildman–Crippen MR) is 78.1 cm³/mol. The van der Waals surface area contributed by atoms with Gasteiger partial charge in [-0.25, -0.2) is 4.98 Å². The van der Waals surface area contributed by atoms with Crippen molar-refractivity contribution in [3.63, 3.8) is 0 Å². The fourth-order valence-corrected chi connectivity index (χ4v) is 2.19. The quantitative estimate of drug-likeness (QED) is 0.848. The third-order valence-corrected chi connectivity index (χ3v) is 3.34. The number of ketones is 1. The van der Waals surface area contributed by atoms with Crippen LogP contribution in [0.2, 0.25) is 0 Å². The van der Waals surface area contributed by atoms with E-state index in [0.717, 1.165) is 16.6 Å². The van der Waals surface area contributed by atoms with E-state index in [-0.39, 0.29) is 5.78 Å². The number of Topliss-reactive ketones (excluding diaryl/α,β-unsaturated/α-hetero) is 1. The van der Waals surface area contributed by atoms with Gasteiger partial charge in [0.05, 0.1) is 12.8 Å². The van der Waals surface area contributed by atoms with Crippen molar-refractivity contribution >= 4 is 33.5 Å². The van der Waals surface area contributed by atoms with Crippen LogP contribution in [0.4, 0.5) is 10.8 Å². The van der Waals surface area contributed by atoms with Crippen molar-refractivity contribution in [1.82, 2.24) is 4.98 Å². The van der Waals surface area contributed by atoms with Crippen molar-refractivity contribution in [2.45, 2.75) is 6.92 Å². The molecule has 2 rings (SSSR count). The number of methoxy groups -OCH3 is 1. The van der Waals surface area contributed by atoms with Crippen LogP contribution in [0.25, 0.3) is 5.57 Å². The number of anilines is 2. The molecule has 1 aromatic carbocycles. The lowest BCUT2D eigenvalue weighted by atomic mass is 10.2. The van der Waals surface area contributed by atoms with Crippen LogP contribution >= 0.6 is 11.3 Å². The normalized spacial score (nSPS) is 10.0. The summed E-state index contributed by atoms with van der Waals surface area (Å²) in [4.78, 5) is 15.5. The summed E-state index contributed by atoms with van der Waals surface area (Å²) in [5.74, 6) is 0.733. The van der Waals surface area contributed by atoms with Crippen LogP contribution in [-0.4, -0.2) is 17.9 Å². The van der Waals surface area contributed by atoms with E-state index in [9.17, 15) is 4.79 Å². The lowest BCUT2D eigenvalue weighted by Gasteiger charge is -2.04. The number of hydrogen-bond donors (Lipinski definition) is 1. The first kappa shape index (κ1) is 13.3. The molecule has 2 aromatic rings. The fourth-order valence-electron chi connectivity index (χ4n) is 1.45. The Hall–Kier alpha value is -2.14. The minimum atomic E-state index is -0.0682. The summed E-state index contributed by atoms with van der Waals surface area (Å²) in [7, 11) is 1.63. The topological polar surface area (TPSA) is 51.2 Å². The second-order valence-corrected chi connectivity index (χ2v) is 4.78. The molecular weight excluding hydrogens is 260 g/mol. The molecule has 0 saturated carbocycles. The van der Waals surface area contributed by atoms with E-state index in [1.807, 2.05) is 29.6 Å². The highest BCUT2D eigenvalue weighted by molar-refractivity contribution is 7.13. The smallest absolute Gasteiger partial charge is 0.187 e. The molecule has 19 heavy (non-hydrogen) atoms. The van der Waals surface area contributed by atoms with Gasteiger partial charge in [-0.2, -0.15) is 0 Å². The van der Waals surface area contributed by atoms with Crippen molar-refractivity contribution < 1.29 is 9.53 Å². The van der Waals surface area contributed by atoms with Gasteiger partial charge in [0.25, 0.3) is 0 Å². The van der Waals surface area contributed by atoms with Gasteiger partial charge in [-0.1, -0.05) is 6.58 Å². The average Bonchev–Trinajstić information content (AvgIpc) is 2.87. The molecule has 5 heteroatoms. The van der Waals surface area contributed by atoms with Crippen LogP contribution in [0.3, 0.4) is 0 Å². The first-order chi connectivity index (χ1) is 9.10. The summed E-state index contributed by atoms with van der Waals surface area (Å²) in [6, 6.07) is 7.54. The standard InChI is InChI=1S/C14H14N2O2S/c1-9(10(2)17)13-8-19-14(16-13)15-11-4-6-12(18-3)7-5-11/h4-8H,1H2,2-3H3,(H,15,16). The van der Waals surface area contributed by atoms with Gasteiger partial charge in [0.15, 0.2) is 10.9 Å². The number of hydrogen-bond acceptors (Lipinski definition) is 5. The molecule has 0 unspecified atom stereocenters. The predicted octanol–water partition coefficient (Wildman–Crippen LogP) is 3.50. The summed E-state index contributed by atoms with van der Waals surface area (Å²) in [5.41, 5.74) is 1.96. The van der Waals surface area contributed by atoms with E-state index in [2.05, 4.69) is 16.9 Å². The van der Waals surface area contributed by atoms with Crippen LogP contribution in [0.15, 0.2) is 36.2 Å². The fraction of sp³-hybridized carbons (Fsp3) is 0.143. The zero-order valence-electron chi connectivity index (χ0n) is 10.8. The van der Waals surface area contributed by atoms with Gasteiger partial charge in [0, 0.05) is 16.6 Å². The van der Waals surface area contributed by atoms with Gasteiger partial charge in [0.1, 0.15) is 5.75 Å². The molecule has 0 bridgehead atoms. The molecule has 0 amide bonds. The summed E-state index contributed by atoms with van der Waals surface area (Å²) < 4.78 is 5.09. The van der Waals surface area contributed by atoms with E-state index in [4.69, 9.17) is 4.74 Å². The number of nitrogens with zero attached hydrogens (tertiary/aromatic N) is 1. The molecule has 0 aliphatic carbocycles. The number of carbonyl (C=O) groups is 1. The molecule has 0 aliphatic heterocycles. The Balaban J connectivity index is 2.11. The van der Waals surface area contributed by atoms with E-state index in [1.54, 1.807) is 7.11 Å². The number of nitrogens with one attached hydrogen (secondary N) is 1. The maximum absolute atomic E-state index is 11.2. The Bertz CT molecular complexity index is 602. The van der Waals surface area contributed by atoms with E-state index in [1.165, 1.54) is 18.3 Å². The zero-order chi connectivity index (χ0) is 13.8. The minimum absolute atomic E-state index is 0.0682. The van der Waals surface area contributed by atoms with Gasteiger partial charge in [0.2, 0.25) is 0 Å². The van der Waals surface area contributed by atoms with Crippen LogP contribution in [0, 0.1) is 0 Å². The number of carbonyl (C=O) groups excluding carboxylic acids is 1. The summed E-state index contributed by atoms with van der Waals surface area (Å²) >= 11 is 1.43.